The van der Waals surface area contributed by atoms with Crippen molar-refractivity contribution < 1.29 is 14.7 Å². The van der Waals surface area contributed by atoms with E-state index >= 15 is 0 Å². The van der Waals surface area contributed by atoms with Gasteiger partial charge < -0.3 is 15.7 Å². The average molecular weight is 280 g/mol. The van der Waals surface area contributed by atoms with E-state index in [0.29, 0.717) is 31.8 Å². The lowest BCUT2D eigenvalue weighted by atomic mass is 10.1. The highest BCUT2D eigenvalue weighted by molar-refractivity contribution is 5.73. The third-order valence-electron chi connectivity index (χ3n) is 2.78. The van der Waals surface area contributed by atoms with Crippen molar-refractivity contribution in [3.8, 4) is 0 Å². The van der Waals surface area contributed by atoms with Gasteiger partial charge in [-0.3, -0.25) is 4.79 Å². The van der Waals surface area contributed by atoms with Crippen LogP contribution in [0, 0.1) is 12.8 Å². The summed E-state index contributed by atoms with van der Waals surface area (Å²) in [5.41, 5.74) is 0.743. The maximum absolute atomic E-state index is 11.5. The Bertz CT molecular complexity index is 465. The first-order chi connectivity index (χ1) is 9.49. The topological polar surface area (TPSA) is 104 Å². The Balaban J connectivity index is 2.16. The quantitative estimate of drug-likeness (QED) is 0.648. The number of carboxylic acids is 1. The van der Waals surface area contributed by atoms with Crippen LogP contribution in [0.2, 0.25) is 0 Å². The number of carboxylic acid groups (broad SMARTS) is 1. The number of hydrogen-bond acceptors (Lipinski definition) is 4. The zero-order valence-corrected chi connectivity index (χ0v) is 11.7. The fourth-order valence-corrected chi connectivity index (χ4v) is 1.57. The average Bonchev–Trinajstić information content (AvgIpc) is 2.41. The first kappa shape index (κ1) is 15.9. The predicted molar refractivity (Wildman–Crippen MR) is 73.0 cm³/mol. The molecule has 2 amide bonds. The van der Waals surface area contributed by atoms with Crippen molar-refractivity contribution in [2.24, 2.45) is 5.92 Å². The summed E-state index contributed by atoms with van der Waals surface area (Å²) in [4.78, 5) is 30.2. The Kier molecular flexibility index (Phi) is 6.42. The number of carbonyl (C=O) groups is 2. The van der Waals surface area contributed by atoms with Crippen molar-refractivity contribution in [2.75, 3.05) is 6.54 Å². The van der Waals surface area contributed by atoms with E-state index < -0.39 is 5.97 Å². The smallest absolute Gasteiger partial charge is 0.315 e. The van der Waals surface area contributed by atoms with Gasteiger partial charge in [0.15, 0.2) is 0 Å². The van der Waals surface area contributed by atoms with Crippen molar-refractivity contribution >= 4 is 12.0 Å². The van der Waals surface area contributed by atoms with Crippen LogP contribution in [0.1, 0.15) is 31.3 Å². The fourth-order valence-electron chi connectivity index (χ4n) is 1.57. The van der Waals surface area contributed by atoms with Gasteiger partial charge in [0.05, 0.1) is 18.2 Å². The monoisotopic (exact) mass is 280 g/mol. The minimum atomic E-state index is -0.811. The van der Waals surface area contributed by atoms with Gasteiger partial charge in [-0.25, -0.2) is 14.8 Å². The lowest BCUT2D eigenvalue weighted by Crippen LogP contribution is -2.36. The maximum atomic E-state index is 11.5. The van der Waals surface area contributed by atoms with Gasteiger partial charge in [0.25, 0.3) is 0 Å². The molecule has 0 fully saturated rings. The summed E-state index contributed by atoms with van der Waals surface area (Å²) in [5.74, 6) is -0.537. The van der Waals surface area contributed by atoms with Crippen LogP contribution in [0.4, 0.5) is 4.79 Å². The molecule has 3 N–H and O–H groups in total. The predicted octanol–water partition coefficient (Wildman–Crippen LogP) is 1.09. The molecule has 110 valence electrons. The molecule has 0 aliphatic rings. The number of rotatable bonds is 7. The van der Waals surface area contributed by atoms with Crippen molar-refractivity contribution in [2.45, 2.75) is 33.2 Å². The lowest BCUT2D eigenvalue weighted by molar-refractivity contribution is -0.141. The highest BCUT2D eigenvalue weighted by Crippen LogP contribution is 2.04. The maximum Gasteiger partial charge on any atom is 0.315 e. The fraction of sp³-hybridized carbons (Fsp3) is 0.538. The Morgan fingerprint density at radius 3 is 2.80 bits per heavy atom. The number of urea groups is 1. The van der Waals surface area contributed by atoms with Gasteiger partial charge in [0.2, 0.25) is 0 Å². The second-order valence-electron chi connectivity index (χ2n) is 4.59. The molecule has 7 heteroatoms. The molecular weight excluding hydrogens is 260 g/mol. The molecule has 1 unspecified atom stereocenters. The molecule has 1 heterocycles. The number of carbonyl (C=O) groups excluding carboxylic acids is 1. The van der Waals surface area contributed by atoms with E-state index in [0.717, 1.165) is 5.69 Å². The molecule has 1 aromatic rings. The summed E-state index contributed by atoms with van der Waals surface area (Å²) < 4.78 is 0. The first-order valence-electron chi connectivity index (χ1n) is 6.52. The van der Waals surface area contributed by atoms with Crippen LogP contribution >= 0.6 is 0 Å². The number of nitrogens with zero attached hydrogens (tertiary/aromatic N) is 2. The van der Waals surface area contributed by atoms with Crippen LogP contribution in [0.25, 0.3) is 0 Å². The van der Waals surface area contributed by atoms with Gasteiger partial charge in [0, 0.05) is 12.7 Å². The Labute approximate surface area is 117 Å². The van der Waals surface area contributed by atoms with E-state index in [4.69, 9.17) is 5.11 Å². The van der Waals surface area contributed by atoms with Crippen LogP contribution in [-0.4, -0.2) is 33.6 Å². The highest BCUT2D eigenvalue weighted by Gasteiger charge is 2.10. The molecule has 0 aromatic carbocycles. The molecular formula is C13H20N4O3. The molecule has 0 spiro atoms. The van der Waals surface area contributed by atoms with Crippen LogP contribution in [0.3, 0.4) is 0 Å². The number of aromatic nitrogens is 2. The van der Waals surface area contributed by atoms with E-state index in [-0.39, 0.29) is 11.9 Å². The number of aryl methyl sites for hydroxylation is 1. The van der Waals surface area contributed by atoms with Gasteiger partial charge in [-0.05, 0) is 25.8 Å². The van der Waals surface area contributed by atoms with E-state index in [2.05, 4.69) is 20.6 Å². The molecule has 0 aliphatic heterocycles. The summed E-state index contributed by atoms with van der Waals surface area (Å²) >= 11 is 0. The molecule has 1 aromatic heterocycles. The number of hydrogen-bond donors (Lipinski definition) is 3. The Morgan fingerprint density at radius 1 is 1.40 bits per heavy atom. The third-order valence-corrected chi connectivity index (χ3v) is 2.78. The van der Waals surface area contributed by atoms with Gasteiger partial charge in [0.1, 0.15) is 5.82 Å². The van der Waals surface area contributed by atoms with E-state index in [1.807, 2.05) is 0 Å². The minimum absolute atomic E-state index is 0.288. The molecule has 1 atom stereocenters. The van der Waals surface area contributed by atoms with Gasteiger partial charge >= 0.3 is 12.0 Å². The molecule has 0 radical (unpaired) electrons. The lowest BCUT2D eigenvalue weighted by Gasteiger charge is -2.08. The number of nitrogens with one attached hydrogen (secondary N) is 2. The zero-order chi connectivity index (χ0) is 15.0. The van der Waals surface area contributed by atoms with Crippen molar-refractivity contribution in [3.63, 3.8) is 0 Å². The minimum Gasteiger partial charge on any atom is -0.481 e. The Hall–Kier alpha value is -2.18. The normalized spacial score (nSPS) is 11.7. The summed E-state index contributed by atoms with van der Waals surface area (Å²) in [6.45, 7) is 4.22. The molecule has 7 nitrogen and oxygen atoms in total. The van der Waals surface area contributed by atoms with Crippen molar-refractivity contribution in [1.29, 1.82) is 0 Å². The summed E-state index contributed by atoms with van der Waals surface area (Å²) in [6.07, 6.45) is 2.82. The van der Waals surface area contributed by atoms with Gasteiger partial charge in [-0.15, -0.1) is 0 Å². The summed E-state index contributed by atoms with van der Waals surface area (Å²) in [7, 11) is 0. The van der Waals surface area contributed by atoms with Crippen molar-refractivity contribution in [1.82, 2.24) is 20.6 Å². The zero-order valence-electron chi connectivity index (χ0n) is 11.7. The van der Waals surface area contributed by atoms with E-state index in [1.54, 1.807) is 26.1 Å². The van der Waals surface area contributed by atoms with Crippen LogP contribution in [0.5, 0.6) is 0 Å². The Morgan fingerprint density at radius 2 is 2.15 bits per heavy atom. The number of aliphatic carboxylic acids is 1. The molecule has 0 bridgehead atoms. The molecule has 0 saturated heterocycles. The van der Waals surface area contributed by atoms with Crippen LogP contribution in [-0.2, 0) is 11.3 Å². The summed E-state index contributed by atoms with van der Waals surface area (Å²) in [6, 6.07) is 1.45. The largest absolute Gasteiger partial charge is 0.481 e. The second kappa shape index (κ2) is 8.08. The van der Waals surface area contributed by atoms with E-state index in [9.17, 15) is 9.59 Å². The third kappa shape index (κ3) is 6.12. The van der Waals surface area contributed by atoms with Gasteiger partial charge in [-0.1, -0.05) is 6.92 Å². The SMILES string of the molecule is Cc1nccc(CNC(=O)NCCCC(C)C(=O)O)n1. The van der Waals surface area contributed by atoms with Crippen LogP contribution in [0.15, 0.2) is 12.3 Å². The number of amides is 2. The standard InChI is InChI=1S/C13H20N4O3/c1-9(12(18)19)4-3-6-15-13(20)16-8-11-5-7-14-10(2)17-11/h5,7,9H,3-4,6,8H2,1-2H3,(H,18,19)(H2,15,16,20). The van der Waals surface area contributed by atoms with Crippen molar-refractivity contribution in [3.05, 3.63) is 23.8 Å². The highest BCUT2D eigenvalue weighted by atomic mass is 16.4. The van der Waals surface area contributed by atoms with E-state index in [1.165, 1.54) is 0 Å². The van der Waals surface area contributed by atoms with Crippen LogP contribution < -0.4 is 10.6 Å². The second-order valence-corrected chi connectivity index (χ2v) is 4.59. The molecule has 20 heavy (non-hydrogen) atoms. The van der Waals surface area contributed by atoms with Gasteiger partial charge in [-0.2, -0.15) is 0 Å². The summed E-state index contributed by atoms with van der Waals surface area (Å²) in [5, 5.41) is 14.1. The first-order valence-corrected chi connectivity index (χ1v) is 6.52. The molecule has 0 saturated carbocycles. The molecule has 1 rings (SSSR count). The molecule has 0 aliphatic carbocycles.